The Kier molecular flexibility index (Phi) is 47.3. The van der Waals surface area contributed by atoms with Gasteiger partial charge in [-0.2, -0.15) is 35.3 Å². The van der Waals surface area contributed by atoms with E-state index in [1.807, 2.05) is 0 Å². The highest BCUT2D eigenvalue weighted by molar-refractivity contribution is 8.00. The molecular formula is C88H140N22O23S4. The van der Waals surface area contributed by atoms with Gasteiger partial charge in [0.05, 0.1) is 36.7 Å². The molecule has 0 aliphatic carbocycles. The van der Waals surface area contributed by atoms with Gasteiger partial charge >= 0.3 is 5.97 Å². The monoisotopic (exact) mass is 2000 g/mol. The number of carboxylic acid groups (broad SMARTS) is 1. The molecule has 26 N–H and O–H groups in total. The number of carboxylic acids is 1. The number of amides is 19. The smallest absolute Gasteiger partial charge is 0.303 e. The molecule has 0 radical (unpaired) electrons. The van der Waals surface area contributed by atoms with E-state index in [9.17, 15) is 53.4 Å². The number of para-hydroxylation sites is 1. The van der Waals surface area contributed by atoms with Gasteiger partial charge in [0, 0.05) is 80.8 Å². The SMILES string of the molecule is CCC(C)[C@@H]1NC(=O)[C@H](C(C)C)NC(=O)[C@H]2NC(=O)CNC(=O)[C@@H]3CS[C@@H](C)[C@@H](NC(=O)[C@@H]4CSC[C@H](N)C(=O)N[C@@H](CO)C(=O)NCC(=O)N[C@@H](Cc5c[nH]c6ccccc56)C(=O)N[C@@H](C(C)C)C(=O)N4)C(=O)N[C@@H](CC(C)C)C(=O)N[C@@H](C(=O)N[C@@H](C(C)CC)C(=O)N[C@@H](CCC(=O)O)C(=O)N3)[C@H](C)SC[C@H](NC1=O)C(=O)N[C@@H](C)C(=O)N[C@H](C(=O)NCCCCCCCN)CS(=O)[C@H]2C. The number of aliphatic hydroxyl groups is 1. The third-order valence-electron chi connectivity index (χ3n) is 24.0. The number of hydrogen-bond donors (Lipinski definition) is 24. The summed E-state index contributed by atoms with van der Waals surface area (Å²) in [5.41, 5.74) is 13.3. The highest BCUT2D eigenvalue weighted by Crippen LogP contribution is 2.26. The van der Waals surface area contributed by atoms with Gasteiger partial charge in [0.15, 0.2) is 0 Å². The molecule has 764 valence electrons. The fraction of sp³-hybridized carbons (Fsp3) is 0.682. The van der Waals surface area contributed by atoms with Gasteiger partial charge in [-0.15, -0.1) is 0 Å². The fourth-order valence-electron chi connectivity index (χ4n) is 15.1. The molecule has 3 unspecified atom stereocenters. The number of carbonyl (C=O) groups is 20. The Morgan fingerprint density at radius 2 is 1.01 bits per heavy atom. The normalized spacial score (nSPS) is 29.3. The first-order valence-electron chi connectivity index (χ1n) is 46.4. The first-order valence-corrected chi connectivity index (χ1v) is 51.0. The fourth-order valence-corrected chi connectivity index (χ4v) is 19.7. The van der Waals surface area contributed by atoms with Crippen molar-refractivity contribution in [3.8, 4) is 0 Å². The van der Waals surface area contributed by atoms with E-state index in [2.05, 4.69) is 106 Å². The van der Waals surface area contributed by atoms with Gasteiger partial charge in [-0.1, -0.05) is 133 Å². The maximum atomic E-state index is 15.9. The summed E-state index contributed by atoms with van der Waals surface area (Å²) in [5.74, 6) is -29.0. The number of carbonyl (C=O) groups excluding carboxylic acids is 19. The predicted molar refractivity (Wildman–Crippen MR) is 513 cm³/mol. The summed E-state index contributed by atoms with van der Waals surface area (Å²) < 4.78 is 15.2. The van der Waals surface area contributed by atoms with Crippen molar-refractivity contribution < 1.29 is 110 Å². The predicted octanol–water partition coefficient (Wildman–Crippen LogP) is -5.45. The van der Waals surface area contributed by atoms with E-state index < -0.39 is 338 Å². The highest BCUT2D eigenvalue weighted by Gasteiger charge is 2.45. The van der Waals surface area contributed by atoms with Crippen molar-refractivity contribution in [2.24, 2.45) is 41.1 Å². The lowest BCUT2D eigenvalue weighted by molar-refractivity contribution is -0.139. The lowest BCUT2D eigenvalue weighted by atomic mass is 9.96. The van der Waals surface area contributed by atoms with E-state index in [0.717, 1.165) is 42.8 Å². The van der Waals surface area contributed by atoms with E-state index >= 15 is 56.9 Å². The molecule has 4 saturated heterocycles. The van der Waals surface area contributed by atoms with E-state index in [-0.39, 0.29) is 32.2 Å². The van der Waals surface area contributed by atoms with Crippen LogP contribution in [0.3, 0.4) is 0 Å². The van der Waals surface area contributed by atoms with Crippen LogP contribution in [0.1, 0.15) is 167 Å². The summed E-state index contributed by atoms with van der Waals surface area (Å²) in [6.07, 6.45) is 3.27. The van der Waals surface area contributed by atoms with Gasteiger partial charge in [0.25, 0.3) is 0 Å². The van der Waals surface area contributed by atoms with Crippen molar-refractivity contribution in [3.05, 3.63) is 36.0 Å². The first-order chi connectivity index (χ1) is 64.7. The number of benzene rings is 1. The molecule has 137 heavy (non-hydrogen) atoms. The number of aromatic nitrogens is 1. The van der Waals surface area contributed by atoms with Crippen molar-refractivity contribution in [2.75, 3.05) is 61.6 Å². The lowest BCUT2D eigenvalue weighted by Crippen LogP contribution is -2.63. The topological polar surface area (TPSA) is 695 Å². The lowest BCUT2D eigenvalue weighted by Gasteiger charge is -2.32. The van der Waals surface area contributed by atoms with Crippen molar-refractivity contribution in [2.45, 2.75) is 286 Å². The molecule has 4 fully saturated rings. The minimum absolute atomic E-state index is 0.0562. The minimum Gasteiger partial charge on any atom is -0.481 e. The molecule has 4 aliphatic heterocycles. The molecule has 1 aromatic carbocycles. The Morgan fingerprint density at radius 1 is 0.496 bits per heavy atom. The number of aliphatic hydroxyl groups excluding tert-OH is 1. The van der Waals surface area contributed by atoms with Crippen LogP contribution >= 0.6 is 35.3 Å². The Balaban J connectivity index is 1.62. The second-order valence-corrected chi connectivity index (χ2v) is 41.8. The van der Waals surface area contributed by atoms with Crippen molar-refractivity contribution in [1.82, 2.24) is 106 Å². The first kappa shape index (κ1) is 115. The van der Waals surface area contributed by atoms with E-state index in [0.29, 0.717) is 47.6 Å². The number of unbranched alkanes of at least 4 members (excludes halogenated alkanes) is 4. The number of nitrogens with two attached hydrogens (primary N) is 2. The van der Waals surface area contributed by atoms with Crippen LogP contribution in [-0.2, 0) is 113 Å². The van der Waals surface area contributed by atoms with Crippen LogP contribution in [-0.4, -0.2) is 318 Å². The van der Waals surface area contributed by atoms with E-state index in [1.165, 1.54) is 48.5 Å². The number of fused-ring (bicyclic) bond motifs is 19. The second kappa shape index (κ2) is 56.3. The zero-order chi connectivity index (χ0) is 102. The summed E-state index contributed by atoms with van der Waals surface area (Å²) in [6, 6.07) is -22.6. The average molecular weight is 2000 g/mol. The van der Waals surface area contributed by atoms with Gasteiger partial charge in [0.2, 0.25) is 112 Å². The summed E-state index contributed by atoms with van der Waals surface area (Å²) in [5, 5.41) is 65.9. The molecule has 2 aromatic rings. The van der Waals surface area contributed by atoms with Crippen molar-refractivity contribution >= 4 is 175 Å². The van der Waals surface area contributed by atoms with Gasteiger partial charge in [-0.05, 0) is 87.3 Å². The zero-order valence-corrected chi connectivity index (χ0v) is 83.2. The number of nitrogens with one attached hydrogen (secondary N) is 20. The van der Waals surface area contributed by atoms with Gasteiger partial charge in [0.1, 0.15) is 96.7 Å². The van der Waals surface area contributed by atoms with Crippen molar-refractivity contribution in [3.63, 3.8) is 0 Å². The molecule has 45 nitrogen and oxygen atoms in total. The standard InChI is InChI=1S/C88H140N22O23S4/c1-15-44(9)67-84(128)97-54(26-27-64(114)115)77(121)100-59-38-135-47(12)69(110-81(125)58-37-134-36-52(90)73(117)99-57(35-111)74(118)93-33-62(112)96-56(79(123)105-65(42(5)6)82(126)101-58)31-50-32-92-53-25-21-20-24-51(50)53)86(130)98-55(30-41(3)4)78(122)109-70(87(131)108-67)48(13)136-39-60-80(124)95-46(11)72(116)103-61(76(120)91-29-23-19-17-18-22-28-89)40-137(133)49(14)71(104-63(113)34-94-75(59)119)88(132)106-66(43(7)8)83(127)107-68(45(10)16-2)85(129)102-60/h20-21,24-25,32,41-49,52,54-61,65-71,92,111H,15-19,22-23,26-31,33-40,89-90H2,1-14H3,(H,91,120)(H,93,118)(H,94,119)(H,95,124)(H,96,112)(H,97,128)(H,98,130)(H,99,117)(H,100,121)(H,101,126)(H,102,129)(H,103,116)(H,104,113)(H,105,123)(H,106,132)(H,107,127)(H,108,131)(H,109,122)(H,110,125)(H,114,115)/t44?,45?,46-,47-,48-,49-,52-,54-,55-,56-,57-,58-,59-,60-,61-,65-,66-,67-,68-,69+,70+,71-,137?/m0/s1. The van der Waals surface area contributed by atoms with Crippen LogP contribution in [0, 0.1) is 29.6 Å². The van der Waals surface area contributed by atoms with E-state index in [4.69, 9.17) is 11.5 Å². The molecule has 6 rings (SSSR count). The van der Waals surface area contributed by atoms with Crippen LogP contribution in [0.5, 0.6) is 0 Å². The van der Waals surface area contributed by atoms with E-state index in [1.54, 1.807) is 78.9 Å². The molecule has 0 saturated carbocycles. The van der Waals surface area contributed by atoms with Crippen LogP contribution < -0.4 is 112 Å². The number of H-pyrrole nitrogens is 1. The summed E-state index contributed by atoms with van der Waals surface area (Å²) in [7, 11) is -2.50. The molecular weight excluding hydrogens is 1860 g/mol. The Labute approximate surface area is 811 Å². The molecule has 49 heteroatoms. The maximum absolute atomic E-state index is 15.9. The van der Waals surface area contributed by atoms with Crippen LogP contribution in [0.2, 0.25) is 0 Å². The van der Waals surface area contributed by atoms with Crippen LogP contribution in [0.25, 0.3) is 10.9 Å². The van der Waals surface area contributed by atoms with Gasteiger partial charge in [-0.3, -0.25) is 100 Å². The average Bonchev–Trinajstić information content (AvgIpc) is 1.78. The Morgan fingerprint density at radius 3 is 1.64 bits per heavy atom. The zero-order valence-electron chi connectivity index (χ0n) is 79.9. The van der Waals surface area contributed by atoms with Crippen LogP contribution in [0.15, 0.2) is 30.5 Å². The Bertz CT molecular complexity index is 4630. The molecule has 19 amide bonds. The number of aliphatic carboxylic acids is 1. The quantitative estimate of drug-likeness (QED) is 0.0344. The largest absolute Gasteiger partial charge is 0.481 e. The van der Waals surface area contributed by atoms with Gasteiger partial charge < -0.3 is 128 Å². The third kappa shape index (κ3) is 35.6. The molecule has 4 aliphatic rings. The Hall–Kier alpha value is -10.8. The molecule has 0 spiro atoms. The second-order valence-electron chi connectivity index (χ2n) is 36.1. The number of hydrogen-bond acceptors (Lipinski definition) is 27. The number of thioether (sulfide) groups is 3. The number of rotatable bonds is 24. The maximum Gasteiger partial charge on any atom is 0.303 e. The van der Waals surface area contributed by atoms with Crippen LogP contribution in [0.4, 0.5) is 0 Å². The van der Waals surface area contributed by atoms with Crippen molar-refractivity contribution in [1.29, 1.82) is 0 Å². The highest BCUT2D eigenvalue weighted by atomic mass is 32.2. The molecule has 1 aromatic heterocycles. The molecule has 4 bridgehead atoms. The molecule has 23 atom stereocenters. The summed E-state index contributed by atoms with van der Waals surface area (Å²) >= 11 is 2.18. The third-order valence-corrected chi connectivity index (χ3v) is 29.5. The minimum atomic E-state index is -2.50. The summed E-state index contributed by atoms with van der Waals surface area (Å²) in [6.45, 7) is 18.8. The van der Waals surface area contributed by atoms with Gasteiger partial charge in [-0.25, -0.2) is 0 Å². The number of aromatic amines is 1. The molecule has 5 heterocycles. The summed E-state index contributed by atoms with van der Waals surface area (Å²) in [4.78, 5) is 300.